The van der Waals surface area contributed by atoms with Gasteiger partial charge in [0.15, 0.2) is 0 Å². The number of nitrogens with zero attached hydrogens (tertiary/aromatic N) is 1. The molecular formula is C23H33Cl2N3O. The molecule has 0 bridgehead atoms. The third kappa shape index (κ3) is 7.31. The molecule has 2 aromatic rings. The van der Waals surface area contributed by atoms with Gasteiger partial charge in [0.25, 0.3) is 5.91 Å². The first-order chi connectivity index (χ1) is 13.0. The summed E-state index contributed by atoms with van der Waals surface area (Å²) in [5.41, 5.74) is 10.5. The number of halogens is 2. The summed E-state index contributed by atoms with van der Waals surface area (Å²) in [6, 6.07) is 16.1. The van der Waals surface area contributed by atoms with E-state index in [1.807, 2.05) is 18.2 Å². The van der Waals surface area contributed by atoms with E-state index < -0.39 is 0 Å². The van der Waals surface area contributed by atoms with Crippen molar-refractivity contribution in [3.8, 4) is 0 Å². The van der Waals surface area contributed by atoms with Gasteiger partial charge in [-0.15, -0.1) is 24.8 Å². The minimum absolute atomic E-state index is 0. The zero-order chi connectivity index (χ0) is 19.2. The van der Waals surface area contributed by atoms with E-state index >= 15 is 0 Å². The average molecular weight is 438 g/mol. The SMILES string of the molecule is CC(C)c1ccc(C(N)CNC(=O)c2cccc(CN3CCCC3)c2)cc1.Cl.Cl. The molecule has 1 atom stereocenters. The van der Waals surface area contributed by atoms with Crippen molar-refractivity contribution >= 4 is 30.7 Å². The number of benzene rings is 2. The largest absolute Gasteiger partial charge is 0.350 e. The smallest absolute Gasteiger partial charge is 0.251 e. The Balaban J connectivity index is 0.00000210. The lowest BCUT2D eigenvalue weighted by atomic mass is 9.99. The Morgan fingerprint density at radius 3 is 2.28 bits per heavy atom. The number of nitrogens with one attached hydrogen (secondary N) is 1. The first-order valence-corrected chi connectivity index (χ1v) is 9.98. The minimum Gasteiger partial charge on any atom is -0.350 e. The van der Waals surface area contributed by atoms with Gasteiger partial charge in [-0.3, -0.25) is 9.69 Å². The Hall–Kier alpha value is -1.59. The zero-order valence-corrected chi connectivity index (χ0v) is 18.9. The van der Waals surface area contributed by atoms with Gasteiger partial charge in [-0.25, -0.2) is 0 Å². The highest BCUT2D eigenvalue weighted by atomic mass is 35.5. The normalized spacial score (nSPS) is 14.8. The molecule has 1 saturated heterocycles. The van der Waals surface area contributed by atoms with Crippen LogP contribution >= 0.6 is 24.8 Å². The summed E-state index contributed by atoms with van der Waals surface area (Å²) >= 11 is 0. The summed E-state index contributed by atoms with van der Waals surface area (Å²) in [6.45, 7) is 8.00. The molecule has 3 N–H and O–H groups in total. The summed E-state index contributed by atoms with van der Waals surface area (Å²) in [4.78, 5) is 15.0. The van der Waals surface area contributed by atoms with E-state index in [1.54, 1.807) is 0 Å². The predicted octanol–water partition coefficient (Wildman–Crippen LogP) is 4.68. The Labute approximate surface area is 187 Å². The molecule has 1 aliphatic rings. The number of nitrogens with two attached hydrogens (primary N) is 1. The lowest BCUT2D eigenvalue weighted by Crippen LogP contribution is -2.32. The van der Waals surface area contributed by atoms with Crippen LogP contribution in [0, 0.1) is 0 Å². The molecule has 0 aromatic heterocycles. The van der Waals surface area contributed by atoms with Crippen LogP contribution in [0.3, 0.4) is 0 Å². The van der Waals surface area contributed by atoms with Crippen molar-refractivity contribution in [2.45, 2.75) is 45.2 Å². The summed E-state index contributed by atoms with van der Waals surface area (Å²) in [6.07, 6.45) is 2.55. The van der Waals surface area contributed by atoms with Crippen molar-refractivity contribution in [2.75, 3.05) is 19.6 Å². The Morgan fingerprint density at radius 1 is 1.03 bits per heavy atom. The van der Waals surface area contributed by atoms with Crippen molar-refractivity contribution in [3.05, 3.63) is 70.8 Å². The van der Waals surface area contributed by atoms with E-state index in [2.05, 4.69) is 54.4 Å². The van der Waals surface area contributed by atoms with Crippen LogP contribution in [-0.2, 0) is 6.54 Å². The van der Waals surface area contributed by atoms with Crippen LogP contribution in [-0.4, -0.2) is 30.4 Å². The van der Waals surface area contributed by atoms with Crippen LogP contribution in [0.4, 0.5) is 0 Å². The number of likely N-dealkylation sites (tertiary alicyclic amines) is 1. The van der Waals surface area contributed by atoms with Crippen LogP contribution in [0.1, 0.15) is 65.7 Å². The van der Waals surface area contributed by atoms with E-state index in [0.29, 0.717) is 18.0 Å². The van der Waals surface area contributed by atoms with Gasteiger partial charge < -0.3 is 11.1 Å². The summed E-state index contributed by atoms with van der Waals surface area (Å²) in [5, 5.41) is 2.98. The molecule has 1 aliphatic heterocycles. The molecule has 0 spiro atoms. The van der Waals surface area contributed by atoms with Gasteiger partial charge in [-0.2, -0.15) is 0 Å². The highest BCUT2D eigenvalue weighted by molar-refractivity contribution is 5.94. The number of hydrogen-bond acceptors (Lipinski definition) is 3. The van der Waals surface area contributed by atoms with Crippen LogP contribution in [0.5, 0.6) is 0 Å². The topological polar surface area (TPSA) is 58.4 Å². The number of rotatable bonds is 7. The van der Waals surface area contributed by atoms with Gasteiger partial charge in [0.05, 0.1) is 0 Å². The first kappa shape index (κ1) is 25.4. The Morgan fingerprint density at radius 2 is 1.66 bits per heavy atom. The molecule has 1 amide bonds. The van der Waals surface area contributed by atoms with Crippen LogP contribution in [0.25, 0.3) is 0 Å². The second-order valence-electron chi connectivity index (χ2n) is 7.82. The maximum Gasteiger partial charge on any atom is 0.251 e. The first-order valence-electron chi connectivity index (χ1n) is 9.98. The van der Waals surface area contributed by atoms with Gasteiger partial charge in [-0.05, 0) is 60.7 Å². The molecule has 6 heteroatoms. The summed E-state index contributed by atoms with van der Waals surface area (Å²) < 4.78 is 0. The predicted molar refractivity (Wildman–Crippen MR) is 125 cm³/mol. The number of amides is 1. The number of carbonyl (C=O) groups is 1. The molecular weight excluding hydrogens is 405 g/mol. The standard InChI is InChI=1S/C23H31N3O.2ClH/c1-17(2)19-8-10-20(11-9-19)22(24)15-25-23(27)21-7-5-6-18(14-21)16-26-12-3-4-13-26;;/h5-11,14,17,22H,3-4,12-13,15-16,24H2,1-2H3,(H,25,27);2*1H. The molecule has 29 heavy (non-hydrogen) atoms. The van der Waals surface area contributed by atoms with Gasteiger partial charge in [0.1, 0.15) is 0 Å². The number of carbonyl (C=O) groups excluding carboxylic acids is 1. The molecule has 0 aliphatic carbocycles. The lowest BCUT2D eigenvalue weighted by Gasteiger charge is -2.16. The van der Waals surface area contributed by atoms with Crippen LogP contribution in [0.15, 0.2) is 48.5 Å². The van der Waals surface area contributed by atoms with Crippen LogP contribution in [0.2, 0.25) is 0 Å². The second kappa shape index (κ2) is 12.2. The Kier molecular flexibility index (Phi) is 10.7. The Bertz CT molecular complexity index is 759. The van der Waals surface area contributed by atoms with Crippen molar-refractivity contribution in [2.24, 2.45) is 5.73 Å². The van der Waals surface area contributed by atoms with Crippen molar-refractivity contribution < 1.29 is 4.79 Å². The van der Waals surface area contributed by atoms with Gasteiger partial charge in [0.2, 0.25) is 0 Å². The van der Waals surface area contributed by atoms with E-state index in [9.17, 15) is 4.79 Å². The van der Waals surface area contributed by atoms with Crippen molar-refractivity contribution in [1.29, 1.82) is 0 Å². The van der Waals surface area contributed by atoms with E-state index in [0.717, 1.165) is 25.2 Å². The molecule has 4 nitrogen and oxygen atoms in total. The van der Waals surface area contributed by atoms with Gasteiger partial charge in [-0.1, -0.05) is 50.2 Å². The highest BCUT2D eigenvalue weighted by Gasteiger charge is 2.14. The molecule has 1 unspecified atom stereocenters. The summed E-state index contributed by atoms with van der Waals surface area (Å²) in [7, 11) is 0. The lowest BCUT2D eigenvalue weighted by molar-refractivity contribution is 0.0951. The second-order valence-corrected chi connectivity index (χ2v) is 7.82. The minimum atomic E-state index is -0.206. The van der Waals surface area contributed by atoms with Crippen molar-refractivity contribution in [1.82, 2.24) is 10.2 Å². The molecule has 1 fully saturated rings. The van der Waals surface area contributed by atoms with Crippen LogP contribution < -0.4 is 11.1 Å². The highest BCUT2D eigenvalue weighted by Crippen LogP contribution is 2.18. The maximum absolute atomic E-state index is 12.5. The molecule has 160 valence electrons. The fourth-order valence-corrected chi connectivity index (χ4v) is 3.56. The van der Waals surface area contributed by atoms with E-state index in [1.165, 1.54) is 24.0 Å². The molecule has 2 aromatic carbocycles. The summed E-state index contributed by atoms with van der Waals surface area (Å²) in [5.74, 6) is 0.440. The van der Waals surface area contributed by atoms with E-state index in [-0.39, 0.29) is 36.8 Å². The molecule has 0 saturated carbocycles. The monoisotopic (exact) mass is 437 g/mol. The fraction of sp³-hybridized carbons (Fsp3) is 0.435. The van der Waals surface area contributed by atoms with Crippen molar-refractivity contribution in [3.63, 3.8) is 0 Å². The third-order valence-corrected chi connectivity index (χ3v) is 5.31. The quantitative estimate of drug-likeness (QED) is 0.660. The number of hydrogen-bond donors (Lipinski definition) is 2. The van der Waals surface area contributed by atoms with Gasteiger partial charge in [0, 0.05) is 24.7 Å². The maximum atomic E-state index is 12.5. The van der Waals surface area contributed by atoms with E-state index in [4.69, 9.17) is 5.73 Å². The zero-order valence-electron chi connectivity index (χ0n) is 17.3. The third-order valence-electron chi connectivity index (χ3n) is 5.31. The van der Waals surface area contributed by atoms with Gasteiger partial charge >= 0.3 is 0 Å². The molecule has 3 rings (SSSR count). The molecule has 1 heterocycles. The average Bonchev–Trinajstić information content (AvgIpc) is 3.19. The fourth-order valence-electron chi connectivity index (χ4n) is 3.56. The molecule has 0 radical (unpaired) electrons.